The first kappa shape index (κ1) is 14.5. The minimum absolute atomic E-state index is 0.273. The molecule has 1 unspecified atom stereocenters. The number of rotatable bonds is 3. The van der Waals surface area contributed by atoms with E-state index in [1.54, 1.807) is 6.20 Å². The van der Waals surface area contributed by atoms with Crippen molar-refractivity contribution in [1.82, 2.24) is 4.90 Å². The van der Waals surface area contributed by atoms with Crippen molar-refractivity contribution < 1.29 is 0 Å². The third kappa shape index (κ3) is 3.37. The quantitative estimate of drug-likeness (QED) is 0.815. The first-order valence-electron chi connectivity index (χ1n) is 7.26. The molecule has 4 N–H and O–H groups in total. The molecule has 1 heterocycles. The number of hydrogen-bond acceptors (Lipinski definition) is 4. The van der Waals surface area contributed by atoms with Crippen LogP contribution in [-0.2, 0) is 0 Å². The van der Waals surface area contributed by atoms with Crippen LogP contribution < -0.4 is 11.5 Å². The molecule has 4 heteroatoms. The number of nitrogens with two attached hydrogens (primary N) is 2. The molecule has 0 aromatic heterocycles. The van der Waals surface area contributed by atoms with Gasteiger partial charge in [0.25, 0.3) is 0 Å². The lowest BCUT2D eigenvalue weighted by Crippen LogP contribution is -2.51. The minimum atomic E-state index is -0.273. The average Bonchev–Trinajstić information content (AvgIpc) is 2.27. The van der Waals surface area contributed by atoms with Crippen molar-refractivity contribution in [2.75, 3.05) is 20.6 Å². The molecule has 1 saturated carbocycles. The van der Waals surface area contributed by atoms with Crippen molar-refractivity contribution in [2.24, 2.45) is 27.8 Å². The summed E-state index contributed by atoms with van der Waals surface area (Å²) in [5.74, 6) is 1.21. The number of hydrogen-bond donors (Lipinski definition) is 2. The van der Waals surface area contributed by atoms with E-state index < -0.39 is 0 Å². The fourth-order valence-corrected chi connectivity index (χ4v) is 3.74. The maximum absolute atomic E-state index is 6.56. The van der Waals surface area contributed by atoms with Crippen LogP contribution in [0.1, 0.15) is 39.0 Å². The van der Waals surface area contributed by atoms with E-state index in [1.807, 2.05) is 0 Å². The number of nitrogens with zero attached hydrogens (tertiary/aromatic N) is 2. The van der Waals surface area contributed by atoms with Crippen LogP contribution in [0.25, 0.3) is 0 Å². The summed E-state index contributed by atoms with van der Waals surface area (Å²) < 4.78 is 0. The highest BCUT2D eigenvalue weighted by molar-refractivity contribution is 5.83. The van der Waals surface area contributed by atoms with Crippen molar-refractivity contribution in [1.29, 1.82) is 0 Å². The van der Waals surface area contributed by atoms with Crippen LogP contribution in [0.15, 0.2) is 17.3 Å². The van der Waals surface area contributed by atoms with Gasteiger partial charge in [-0.2, -0.15) is 0 Å². The van der Waals surface area contributed by atoms with Crippen molar-refractivity contribution in [3.63, 3.8) is 0 Å². The molecule has 1 aliphatic heterocycles. The van der Waals surface area contributed by atoms with Gasteiger partial charge in [-0.1, -0.05) is 6.92 Å². The smallest absolute Gasteiger partial charge is 0.101 e. The fourth-order valence-electron chi connectivity index (χ4n) is 3.74. The van der Waals surface area contributed by atoms with Gasteiger partial charge in [0, 0.05) is 24.7 Å². The Labute approximate surface area is 116 Å². The third-order valence-corrected chi connectivity index (χ3v) is 4.76. The van der Waals surface area contributed by atoms with Crippen molar-refractivity contribution >= 4 is 5.84 Å². The molecule has 0 saturated heterocycles. The topological polar surface area (TPSA) is 67.6 Å². The van der Waals surface area contributed by atoms with Gasteiger partial charge in [-0.05, 0) is 57.2 Å². The second-order valence-electron chi connectivity index (χ2n) is 7.05. The van der Waals surface area contributed by atoms with E-state index in [4.69, 9.17) is 11.5 Å². The summed E-state index contributed by atoms with van der Waals surface area (Å²) in [7, 11) is 4.31. The summed E-state index contributed by atoms with van der Waals surface area (Å²) in [4.78, 5) is 6.41. The first-order valence-corrected chi connectivity index (χ1v) is 7.26. The Morgan fingerprint density at radius 2 is 2.00 bits per heavy atom. The Balaban J connectivity index is 1.97. The molecule has 19 heavy (non-hydrogen) atoms. The van der Waals surface area contributed by atoms with Crippen LogP contribution >= 0.6 is 0 Å². The van der Waals surface area contributed by atoms with E-state index in [9.17, 15) is 0 Å². The van der Waals surface area contributed by atoms with Crippen LogP contribution in [-0.4, -0.2) is 36.9 Å². The molecular formula is C15H28N4. The van der Waals surface area contributed by atoms with Crippen LogP contribution in [0.3, 0.4) is 0 Å². The van der Waals surface area contributed by atoms with Gasteiger partial charge in [-0.25, -0.2) is 4.99 Å². The zero-order valence-electron chi connectivity index (χ0n) is 12.5. The van der Waals surface area contributed by atoms with E-state index in [2.05, 4.69) is 37.0 Å². The normalized spacial score (nSPS) is 39.4. The SMILES string of the molecule is CN(C)CC1(C)CCC(C2(N)C=CN=C(N)C2)CC1. The number of aliphatic imine (C=N–C) groups is 1. The van der Waals surface area contributed by atoms with Gasteiger partial charge in [0.05, 0.1) is 0 Å². The van der Waals surface area contributed by atoms with Gasteiger partial charge < -0.3 is 16.4 Å². The van der Waals surface area contributed by atoms with Gasteiger partial charge in [0.2, 0.25) is 0 Å². The molecular weight excluding hydrogens is 236 g/mol. The lowest BCUT2D eigenvalue weighted by molar-refractivity contribution is 0.104. The largest absolute Gasteiger partial charge is 0.387 e. The van der Waals surface area contributed by atoms with Crippen LogP contribution in [0.4, 0.5) is 0 Å². The Hall–Kier alpha value is -0.870. The summed E-state index contributed by atoms with van der Waals surface area (Å²) in [6.45, 7) is 3.57. The van der Waals surface area contributed by atoms with E-state index in [0.717, 1.165) is 6.54 Å². The minimum Gasteiger partial charge on any atom is -0.387 e. The highest BCUT2D eigenvalue weighted by Crippen LogP contribution is 2.43. The fraction of sp³-hybridized carbons (Fsp3) is 0.800. The zero-order valence-corrected chi connectivity index (χ0v) is 12.5. The Morgan fingerprint density at radius 1 is 1.37 bits per heavy atom. The monoisotopic (exact) mass is 264 g/mol. The average molecular weight is 264 g/mol. The van der Waals surface area contributed by atoms with E-state index >= 15 is 0 Å². The van der Waals surface area contributed by atoms with Crippen LogP contribution in [0, 0.1) is 11.3 Å². The molecule has 0 aromatic rings. The maximum Gasteiger partial charge on any atom is 0.101 e. The molecule has 4 nitrogen and oxygen atoms in total. The lowest BCUT2D eigenvalue weighted by atomic mass is 9.65. The summed E-state index contributed by atoms with van der Waals surface area (Å²) in [6.07, 6.45) is 9.43. The summed E-state index contributed by atoms with van der Waals surface area (Å²) in [6, 6.07) is 0. The van der Waals surface area contributed by atoms with Crippen molar-refractivity contribution in [3.8, 4) is 0 Å². The summed E-state index contributed by atoms with van der Waals surface area (Å²) in [5.41, 5.74) is 12.6. The van der Waals surface area contributed by atoms with Gasteiger partial charge in [-0.3, -0.25) is 0 Å². The third-order valence-electron chi connectivity index (χ3n) is 4.76. The first-order chi connectivity index (χ1) is 8.83. The highest BCUT2D eigenvalue weighted by atomic mass is 15.1. The molecule has 0 aromatic carbocycles. The molecule has 1 atom stereocenters. The van der Waals surface area contributed by atoms with E-state index in [-0.39, 0.29) is 5.54 Å². The molecule has 0 spiro atoms. The molecule has 2 aliphatic rings. The van der Waals surface area contributed by atoms with E-state index in [1.165, 1.54) is 25.7 Å². The van der Waals surface area contributed by atoms with Crippen LogP contribution in [0.2, 0.25) is 0 Å². The zero-order chi connectivity index (χ0) is 14.1. The highest BCUT2D eigenvalue weighted by Gasteiger charge is 2.40. The van der Waals surface area contributed by atoms with Gasteiger partial charge in [0.15, 0.2) is 0 Å². The summed E-state index contributed by atoms with van der Waals surface area (Å²) in [5, 5.41) is 0. The lowest BCUT2D eigenvalue weighted by Gasteiger charge is -2.45. The second-order valence-corrected chi connectivity index (χ2v) is 7.05. The predicted molar refractivity (Wildman–Crippen MR) is 80.9 cm³/mol. The van der Waals surface area contributed by atoms with Crippen LogP contribution in [0.5, 0.6) is 0 Å². The predicted octanol–water partition coefficient (Wildman–Crippen LogP) is 1.72. The Bertz CT molecular complexity index is 378. The van der Waals surface area contributed by atoms with Gasteiger partial charge in [0.1, 0.15) is 5.84 Å². The molecule has 0 bridgehead atoms. The number of amidine groups is 1. The molecule has 0 amide bonds. The molecule has 1 aliphatic carbocycles. The molecule has 0 radical (unpaired) electrons. The summed E-state index contributed by atoms with van der Waals surface area (Å²) >= 11 is 0. The molecule has 1 fully saturated rings. The van der Waals surface area contributed by atoms with E-state index in [0.29, 0.717) is 23.6 Å². The Kier molecular flexibility index (Phi) is 4.02. The molecule has 108 valence electrons. The maximum atomic E-state index is 6.56. The van der Waals surface area contributed by atoms with Gasteiger partial charge in [-0.15, -0.1) is 0 Å². The van der Waals surface area contributed by atoms with Crippen molar-refractivity contribution in [3.05, 3.63) is 12.3 Å². The standard InChI is InChI=1S/C15H28N4/c1-14(11-19(2)3)6-4-12(5-7-14)15(17)8-9-18-13(16)10-15/h8-9,12H,4-7,10-11,17H2,1-3H3,(H2,16,18). The Morgan fingerprint density at radius 3 is 2.53 bits per heavy atom. The van der Waals surface area contributed by atoms with Crippen molar-refractivity contribution in [2.45, 2.75) is 44.6 Å². The molecule has 2 rings (SSSR count). The van der Waals surface area contributed by atoms with Gasteiger partial charge >= 0.3 is 0 Å². The second kappa shape index (κ2) is 5.25.